The first-order valence-corrected chi connectivity index (χ1v) is 8.16. The Hall–Kier alpha value is -1.36. The number of nitrogens with zero attached hydrogens (tertiary/aromatic N) is 1. The van der Waals surface area contributed by atoms with Crippen LogP contribution in [0.3, 0.4) is 0 Å². The zero-order valence-corrected chi connectivity index (χ0v) is 14.2. The fourth-order valence-electron chi connectivity index (χ4n) is 2.75. The molecule has 1 fully saturated rings. The highest BCUT2D eigenvalue weighted by Gasteiger charge is 2.41. The topological polar surface area (TPSA) is 49.4 Å². The molecule has 0 bridgehead atoms. The van der Waals surface area contributed by atoms with E-state index in [0.29, 0.717) is 0 Å². The SMILES string of the molecule is CCC(CC)N1C(=O)CC(Nc2cccc(C)c2Br)C1=O. The number of imide groups is 1. The van der Waals surface area contributed by atoms with E-state index >= 15 is 0 Å². The third-order valence-corrected chi connectivity index (χ3v) is 5.06. The third kappa shape index (κ3) is 3.12. The van der Waals surface area contributed by atoms with E-state index in [-0.39, 0.29) is 24.3 Å². The predicted octanol–water partition coefficient (Wildman–Crippen LogP) is 3.49. The molecule has 4 nitrogen and oxygen atoms in total. The lowest BCUT2D eigenvalue weighted by Crippen LogP contribution is -2.41. The number of amides is 2. The summed E-state index contributed by atoms with van der Waals surface area (Å²) in [5, 5.41) is 3.20. The van der Waals surface area contributed by atoms with Crippen molar-refractivity contribution in [2.75, 3.05) is 5.32 Å². The molecule has 0 aromatic heterocycles. The van der Waals surface area contributed by atoms with Crippen molar-refractivity contribution in [2.45, 2.75) is 52.1 Å². The summed E-state index contributed by atoms with van der Waals surface area (Å²) in [6.07, 6.45) is 1.83. The summed E-state index contributed by atoms with van der Waals surface area (Å²) in [6.45, 7) is 6.01. The van der Waals surface area contributed by atoms with Gasteiger partial charge in [-0.25, -0.2) is 0 Å². The molecule has 21 heavy (non-hydrogen) atoms. The Morgan fingerprint density at radius 3 is 2.62 bits per heavy atom. The molecular weight excluding hydrogens is 332 g/mol. The van der Waals surface area contributed by atoms with Crippen molar-refractivity contribution in [1.29, 1.82) is 0 Å². The molecule has 1 heterocycles. The van der Waals surface area contributed by atoms with E-state index in [4.69, 9.17) is 0 Å². The highest BCUT2D eigenvalue weighted by Crippen LogP contribution is 2.29. The van der Waals surface area contributed by atoms with E-state index in [1.165, 1.54) is 4.90 Å². The van der Waals surface area contributed by atoms with Crippen molar-refractivity contribution < 1.29 is 9.59 Å². The van der Waals surface area contributed by atoms with Crippen LogP contribution in [0.1, 0.15) is 38.7 Å². The second kappa shape index (κ2) is 6.60. The van der Waals surface area contributed by atoms with Crippen molar-refractivity contribution in [3.05, 3.63) is 28.2 Å². The number of benzene rings is 1. The molecule has 1 N–H and O–H groups in total. The molecule has 2 rings (SSSR count). The van der Waals surface area contributed by atoms with Crippen molar-refractivity contribution in [1.82, 2.24) is 4.90 Å². The maximum absolute atomic E-state index is 12.5. The van der Waals surface area contributed by atoms with Gasteiger partial charge in [0.05, 0.1) is 6.42 Å². The van der Waals surface area contributed by atoms with Crippen LogP contribution >= 0.6 is 15.9 Å². The predicted molar refractivity (Wildman–Crippen MR) is 87.1 cm³/mol. The monoisotopic (exact) mass is 352 g/mol. The van der Waals surface area contributed by atoms with Gasteiger partial charge in [-0.15, -0.1) is 0 Å². The third-order valence-electron chi connectivity index (χ3n) is 4.01. The number of aryl methyl sites for hydroxylation is 1. The molecule has 1 aliphatic heterocycles. The Labute approximate surface area is 134 Å². The first kappa shape index (κ1) is 16.0. The fourth-order valence-corrected chi connectivity index (χ4v) is 3.13. The van der Waals surface area contributed by atoms with Gasteiger partial charge in [-0.2, -0.15) is 0 Å². The highest BCUT2D eigenvalue weighted by atomic mass is 79.9. The first-order valence-electron chi connectivity index (χ1n) is 7.37. The molecule has 0 spiro atoms. The van der Waals surface area contributed by atoms with Gasteiger partial charge in [-0.1, -0.05) is 26.0 Å². The van der Waals surface area contributed by atoms with Crippen LogP contribution in [0.25, 0.3) is 0 Å². The van der Waals surface area contributed by atoms with E-state index < -0.39 is 6.04 Å². The van der Waals surface area contributed by atoms with E-state index in [2.05, 4.69) is 21.2 Å². The number of nitrogens with one attached hydrogen (secondary N) is 1. The molecule has 1 atom stereocenters. The molecule has 1 aromatic carbocycles. The standard InChI is InChI=1S/C16H21BrN2O2/c1-4-11(5-2)19-14(20)9-13(16(19)21)18-12-8-6-7-10(3)15(12)17/h6-8,11,13,18H,4-5,9H2,1-3H3. The molecule has 1 unspecified atom stereocenters. The van der Waals surface area contributed by atoms with Gasteiger partial charge in [0.1, 0.15) is 6.04 Å². The molecule has 0 aliphatic carbocycles. The molecule has 114 valence electrons. The average molecular weight is 353 g/mol. The van der Waals surface area contributed by atoms with E-state index in [1.54, 1.807) is 0 Å². The first-order chi connectivity index (χ1) is 9.99. The maximum atomic E-state index is 12.5. The second-order valence-corrected chi connectivity index (χ2v) is 6.20. The Balaban J connectivity index is 2.18. The van der Waals surface area contributed by atoms with Crippen LogP contribution in [0.5, 0.6) is 0 Å². The summed E-state index contributed by atoms with van der Waals surface area (Å²) < 4.78 is 0.936. The zero-order valence-electron chi connectivity index (χ0n) is 12.6. The number of hydrogen-bond acceptors (Lipinski definition) is 3. The number of likely N-dealkylation sites (tertiary alicyclic amines) is 1. The van der Waals surface area contributed by atoms with Crippen molar-refractivity contribution in [3.63, 3.8) is 0 Å². The van der Waals surface area contributed by atoms with E-state index in [9.17, 15) is 9.59 Å². The largest absolute Gasteiger partial charge is 0.372 e. The summed E-state index contributed by atoms with van der Waals surface area (Å²) in [6, 6.07) is 5.39. The maximum Gasteiger partial charge on any atom is 0.252 e. The molecule has 0 radical (unpaired) electrons. The average Bonchev–Trinajstić information content (AvgIpc) is 2.73. The summed E-state index contributed by atoms with van der Waals surface area (Å²) in [5.74, 6) is -0.183. The quantitative estimate of drug-likeness (QED) is 0.825. The molecule has 5 heteroatoms. The van der Waals surface area contributed by atoms with Crippen LogP contribution in [0.15, 0.2) is 22.7 Å². The second-order valence-electron chi connectivity index (χ2n) is 5.41. The number of hydrogen-bond donors (Lipinski definition) is 1. The van der Waals surface area contributed by atoms with Gasteiger partial charge in [0.25, 0.3) is 5.91 Å². The minimum absolute atomic E-state index is 0.0118. The van der Waals surface area contributed by atoms with Gasteiger partial charge in [0, 0.05) is 16.2 Å². The smallest absolute Gasteiger partial charge is 0.252 e. The van der Waals surface area contributed by atoms with Gasteiger partial charge in [-0.3, -0.25) is 14.5 Å². The molecular formula is C16H21BrN2O2. The number of halogens is 1. The summed E-state index contributed by atoms with van der Waals surface area (Å²) in [7, 11) is 0. The van der Waals surface area contributed by atoms with E-state index in [1.807, 2.05) is 39.0 Å². The van der Waals surface area contributed by atoms with Crippen LogP contribution < -0.4 is 5.32 Å². The fraction of sp³-hybridized carbons (Fsp3) is 0.500. The summed E-state index contributed by atoms with van der Waals surface area (Å²) in [5.41, 5.74) is 1.95. The van der Waals surface area contributed by atoms with Gasteiger partial charge >= 0.3 is 0 Å². The van der Waals surface area contributed by atoms with Crippen LogP contribution in [0.2, 0.25) is 0 Å². The van der Waals surface area contributed by atoms with Crippen molar-refractivity contribution in [2.24, 2.45) is 0 Å². The minimum Gasteiger partial charge on any atom is -0.372 e. The number of carbonyl (C=O) groups is 2. The molecule has 1 aliphatic rings. The number of anilines is 1. The molecule has 1 aromatic rings. The Kier molecular flexibility index (Phi) is 5.04. The Bertz CT molecular complexity index is 555. The van der Waals surface area contributed by atoms with Crippen molar-refractivity contribution in [3.8, 4) is 0 Å². The zero-order chi connectivity index (χ0) is 15.6. The van der Waals surface area contributed by atoms with Gasteiger partial charge in [-0.05, 0) is 47.3 Å². The Morgan fingerprint density at radius 2 is 2.00 bits per heavy atom. The van der Waals surface area contributed by atoms with E-state index in [0.717, 1.165) is 28.6 Å². The normalized spacial score (nSPS) is 18.7. The lowest BCUT2D eigenvalue weighted by atomic mass is 10.1. The van der Waals surface area contributed by atoms with Gasteiger partial charge in [0.2, 0.25) is 5.91 Å². The molecule has 0 saturated carbocycles. The minimum atomic E-state index is -0.462. The van der Waals surface area contributed by atoms with Crippen LogP contribution in [-0.4, -0.2) is 28.8 Å². The summed E-state index contributed by atoms with van der Waals surface area (Å²) >= 11 is 3.52. The highest BCUT2D eigenvalue weighted by molar-refractivity contribution is 9.10. The van der Waals surface area contributed by atoms with Gasteiger partial charge < -0.3 is 5.32 Å². The molecule has 2 amide bonds. The molecule has 1 saturated heterocycles. The van der Waals surface area contributed by atoms with Crippen molar-refractivity contribution >= 4 is 33.4 Å². The Morgan fingerprint density at radius 1 is 1.33 bits per heavy atom. The lowest BCUT2D eigenvalue weighted by molar-refractivity contribution is -0.141. The summed E-state index contributed by atoms with van der Waals surface area (Å²) in [4.78, 5) is 26.1. The number of rotatable bonds is 5. The van der Waals surface area contributed by atoms with Crippen LogP contribution in [0.4, 0.5) is 5.69 Å². The van der Waals surface area contributed by atoms with Gasteiger partial charge in [0.15, 0.2) is 0 Å². The lowest BCUT2D eigenvalue weighted by Gasteiger charge is -2.24. The van der Waals surface area contributed by atoms with Crippen LogP contribution in [0, 0.1) is 6.92 Å². The van der Waals surface area contributed by atoms with Crippen LogP contribution in [-0.2, 0) is 9.59 Å². The number of carbonyl (C=O) groups excluding carboxylic acids is 2.